The lowest BCUT2D eigenvalue weighted by atomic mass is 9.88. The molecular formula is C14H24N2O4. The van der Waals surface area contributed by atoms with Crippen LogP contribution in [0.3, 0.4) is 0 Å². The molecule has 6 nitrogen and oxygen atoms in total. The van der Waals surface area contributed by atoms with E-state index in [2.05, 4.69) is 0 Å². The fourth-order valence-electron chi connectivity index (χ4n) is 2.98. The number of aliphatic carboxylic acids is 1. The molecule has 1 saturated heterocycles. The van der Waals surface area contributed by atoms with Gasteiger partial charge in [0.1, 0.15) is 6.10 Å². The highest BCUT2D eigenvalue weighted by molar-refractivity contribution is 5.77. The number of esters is 1. The van der Waals surface area contributed by atoms with E-state index in [9.17, 15) is 4.79 Å². The molecule has 3 atom stereocenters. The average molecular weight is 284 g/mol. The molecule has 0 radical (unpaired) electrons. The molecular weight excluding hydrogens is 260 g/mol. The summed E-state index contributed by atoms with van der Waals surface area (Å²) in [6.07, 6.45) is 7.06. The minimum atomic E-state index is -0.833. The Hall–Kier alpha value is -1.59. The number of carbonyl (C=O) groups excluding carboxylic acids is 1. The van der Waals surface area contributed by atoms with Crippen molar-refractivity contribution in [2.24, 2.45) is 17.6 Å². The van der Waals surface area contributed by atoms with Gasteiger partial charge in [-0.2, -0.15) is 0 Å². The molecule has 0 aromatic rings. The summed E-state index contributed by atoms with van der Waals surface area (Å²) in [5, 5.41) is 14.5. The summed E-state index contributed by atoms with van der Waals surface area (Å²) in [6, 6.07) is 0. The largest absolute Gasteiger partial charge is 0.481 e. The molecule has 4 N–H and O–H groups in total. The van der Waals surface area contributed by atoms with Crippen LogP contribution in [-0.4, -0.2) is 29.0 Å². The van der Waals surface area contributed by atoms with Gasteiger partial charge in [-0.3, -0.25) is 15.0 Å². The molecule has 0 amide bonds. The summed E-state index contributed by atoms with van der Waals surface area (Å²) in [5.41, 5.74) is 5.29. The molecule has 1 aliphatic heterocycles. The van der Waals surface area contributed by atoms with Crippen molar-refractivity contribution in [2.75, 3.05) is 0 Å². The minimum Gasteiger partial charge on any atom is -0.481 e. The van der Waals surface area contributed by atoms with Gasteiger partial charge in [-0.05, 0) is 32.1 Å². The van der Waals surface area contributed by atoms with E-state index in [-0.39, 0.29) is 23.8 Å². The predicted octanol–water partition coefficient (Wildman–Crippen LogP) is 1.92. The molecule has 20 heavy (non-hydrogen) atoms. The van der Waals surface area contributed by atoms with Crippen LogP contribution in [-0.2, 0) is 14.3 Å². The van der Waals surface area contributed by atoms with E-state index in [0.717, 1.165) is 39.0 Å². The van der Waals surface area contributed by atoms with Crippen LogP contribution in [0.2, 0.25) is 0 Å². The first-order chi connectivity index (χ1) is 9.41. The second-order valence-electron chi connectivity index (χ2n) is 5.47. The highest BCUT2D eigenvalue weighted by Crippen LogP contribution is 2.42. The maximum Gasteiger partial charge on any atom is 0.309 e. The third kappa shape index (κ3) is 5.19. The lowest BCUT2D eigenvalue weighted by Gasteiger charge is -2.12. The van der Waals surface area contributed by atoms with Gasteiger partial charge < -0.3 is 15.6 Å². The van der Waals surface area contributed by atoms with Crippen molar-refractivity contribution < 1.29 is 19.4 Å². The molecule has 114 valence electrons. The predicted molar refractivity (Wildman–Crippen MR) is 74.4 cm³/mol. The van der Waals surface area contributed by atoms with Gasteiger partial charge in [0.05, 0.1) is 11.8 Å². The molecule has 0 aromatic heterocycles. The highest BCUT2D eigenvalue weighted by atomic mass is 16.6. The van der Waals surface area contributed by atoms with Crippen LogP contribution in [0.1, 0.15) is 51.9 Å². The topological polar surface area (TPSA) is 113 Å². The summed E-state index contributed by atoms with van der Waals surface area (Å²) in [6.45, 7) is 1.08. The van der Waals surface area contributed by atoms with E-state index >= 15 is 0 Å². The molecule has 6 heteroatoms. The van der Waals surface area contributed by atoms with Crippen LogP contribution in [0.4, 0.5) is 0 Å². The summed E-state index contributed by atoms with van der Waals surface area (Å²) in [4.78, 5) is 20.6. The summed E-state index contributed by atoms with van der Waals surface area (Å²) in [7, 11) is 0. The van der Waals surface area contributed by atoms with E-state index in [1.165, 1.54) is 6.42 Å². The number of amidine groups is 1. The molecule has 2 rings (SSSR count). The molecule has 0 aromatic carbocycles. The zero-order valence-corrected chi connectivity index (χ0v) is 11.9. The highest BCUT2D eigenvalue weighted by Gasteiger charge is 2.46. The lowest BCUT2D eigenvalue weighted by Crippen LogP contribution is -2.16. The number of carbonyl (C=O) groups is 2. The smallest absolute Gasteiger partial charge is 0.309 e. The van der Waals surface area contributed by atoms with Gasteiger partial charge in [0, 0.05) is 19.3 Å². The number of rotatable bonds is 5. The van der Waals surface area contributed by atoms with Crippen LogP contribution < -0.4 is 5.73 Å². The molecule has 1 heterocycles. The van der Waals surface area contributed by atoms with E-state index < -0.39 is 5.97 Å². The minimum absolute atomic E-state index is 0.0116. The molecule has 0 bridgehead atoms. The van der Waals surface area contributed by atoms with E-state index in [0.29, 0.717) is 12.3 Å². The fraction of sp³-hybridized carbons (Fsp3) is 0.786. The van der Waals surface area contributed by atoms with Gasteiger partial charge in [-0.15, -0.1) is 0 Å². The Morgan fingerprint density at radius 1 is 1.45 bits per heavy atom. The molecule has 0 spiro atoms. The van der Waals surface area contributed by atoms with Gasteiger partial charge in [0.15, 0.2) is 0 Å². The van der Waals surface area contributed by atoms with Crippen molar-refractivity contribution in [3.8, 4) is 0 Å². The number of hydrogen-bond acceptors (Lipinski definition) is 4. The summed E-state index contributed by atoms with van der Waals surface area (Å²) in [5.74, 6) is 0.0227. The molecule has 1 saturated carbocycles. The van der Waals surface area contributed by atoms with Gasteiger partial charge >= 0.3 is 5.97 Å². The first-order valence-corrected chi connectivity index (χ1v) is 7.14. The maximum atomic E-state index is 11.6. The summed E-state index contributed by atoms with van der Waals surface area (Å²) < 4.78 is 5.37. The van der Waals surface area contributed by atoms with Crippen molar-refractivity contribution in [1.82, 2.24) is 0 Å². The number of carboxylic acid groups (broad SMARTS) is 1. The number of fused-ring (bicyclic) bond motifs is 1. The van der Waals surface area contributed by atoms with Gasteiger partial charge in [-0.25, -0.2) is 0 Å². The van der Waals surface area contributed by atoms with Crippen LogP contribution in [0.5, 0.6) is 0 Å². The van der Waals surface area contributed by atoms with Gasteiger partial charge in [-0.1, -0.05) is 6.42 Å². The van der Waals surface area contributed by atoms with Crippen LogP contribution >= 0.6 is 0 Å². The number of nitrogens with one attached hydrogen (secondary N) is 1. The molecule has 1 aliphatic carbocycles. The third-order valence-corrected chi connectivity index (χ3v) is 3.80. The quantitative estimate of drug-likeness (QED) is 0.309. The maximum absolute atomic E-state index is 11.6. The Labute approximate surface area is 119 Å². The Kier molecular flexibility index (Phi) is 6.48. The number of ether oxygens (including phenoxy) is 1. The third-order valence-electron chi connectivity index (χ3n) is 3.80. The van der Waals surface area contributed by atoms with Crippen molar-refractivity contribution in [2.45, 2.75) is 58.0 Å². The SMILES string of the molecule is CC(=O)O.N=C(N)CCCC[C@H]1C(=O)O[C@H]2CCC[C@@H]21. The monoisotopic (exact) mass is 284 g/mol. The Bertz CT molecular complexity index is 366. The first-order valence-electron chi connectivity index (χ1n) is 7.14. The zero-order chi connectivity index (χ0) is 15.1. The normalized spacial score (nSPS) is 27.2. The second kappa shape index (κ2) is 7.87. The standard InChI is InChI=1S/C12H20N2O2.C2H4O2/c13-11(14)7-2-1-4-9-8-5-3-6-10(8)16-12(9)15;1-2(3)4/h8-10H,1-7H2,(H3,13,14);1H3,(H,3,4)/t8-,9-,10+;/m1./s1. The summed E-state index contributed by atoms with van der Waals surface area (Å²) >= 11 is 0. The van der Waals surface area contributed by atoms with Gasteiger partial charge in [0.2, 0.25) is 0 Å². The first kappa shape index (κ1) is 16.5. The van der Waals surface area contributed by atoms with E-state index in [1.807, 2.05) is 0 Å². The molecule has 2 fully saturated rings. The van der Waals surface area contributed by atoms with Crippen molar-refractivity contribution in [1.29, 1.82) is 5.41 Å². The second-order valence-corrected chi connectivity index (χ2v) is 5.47. The number of hydrogen-bond donors (Lipinski definition) is 3. The van der Waals surface area contributed by atoms with E-state index in [4.69, 9.17) is 25.8 Å². The fourth-order valence-corrected chi connectivity index (χ4v) is 2.98. The van der Waals surface area contributed by atoms with Gasteiger partial charge in [0.25, 0.3) is 5.97 Å². The van der Waals surface area contributed by atoms with E-state index in [1.54, 1.807) is 0 Å². The molecule has 2 aliphatic rings. The number of carboxylic acids is 1. The zero-order valence-electron chi connectivity index (χ0n) is 11.9. The lowest BCUT2D eigenvalue weighted by molar-refractivity contribution is -0.144. The van der Waals surface area contributed by atoms with Crippen LogP contribution in [0.25, 0.3) is 0 Å². The van der Waals surface area contributed by atoms with Crippen LogP contribution in [0.15, 0.2) is 0 Å². The number of nitrogens with two attached hydrogens (primary N) is 1. The van der Waals surface area contributed by atoms with Crippen molar-refractivity contribution in [3.63, 3.8) is 0 Å². The Morgan fingerprint density at radius 3 is 2.70 bits per heavy atom. The molecule has 0 unspecified atom stereocenters. The Morgan fingerprint density at radius 2 is 2.10 bits per heavy atom. The van der Waals surface area contributed by atoms with Crippen LogP contribution in [0, 0.1) is 17.2 Å². The number of unbranched alkanes of at least 4 members (excludes halogenated alkanes) is 1. The van der Waals surface area contributed by atoms with Crippen molar-refractivity contribution in [3.05, 3.63) is 0 Å². The average Bonchev–Trinajstić information content (AvgIpc) is 2.85. The van der Waals surface area contributed by atoms with Crippen molar-refractivity contribution >= 4 is 17.8 Å². The Balaban J connectivity index is 0.000000444.